The highest BCUT2D eigenvalue weighted by Gasteiger charge is 2.32. The first kappa shape index (κ1) is 16.5. The lowest BCUT2D eigenvalue weighted by Crippen LogP contribution is -2.51. The van der Waals surface area contributed by atoms with Crippen LogP contribution in [0.3, 0.4) is 0 Å². The van der Waals surface area contributed by atoms with Crippen LogP contribution in [0.5, 0.6) is 0 Å². The van der Waals surface area contributed by atoms with Gasteiger partial charge in [0.15, 0.2) is 0 Å². The van der Waals surface area contributed by atoms with Crippen molar-refractivity contribution in [1.29, 1.82) is 0 Å². The number of hydrogen-bond donors (Lipinski definition) is 1. The van der Waals surface area contributed by atoms with Crippen molar-refractivity contribution in [3.05, 3.63) is 17.5 Å². The van der Waals surface area contributed by atoms with Crippen LogP contribution in [-0.2, 0) is 11.3 Å². The SMILES string of the molecule is Cc1cc(C)n(CCC(=O)NC[C@@H]2CCCN3CCCC[C@H]23)n1. The minimum atomic E-state index is 0.158. The van der Waals surface area contributed by atoms with Gasteiger partial charge in [0.1, 0.15) is 0 Å². The highest BCUT2D eigenvalue weighted by Crippen LogP contribution is 2.30. The molecule has 0 bridgehead atoms. The molecule has 2 fully saturated rings. The van der Waals surface area contributed by atoms with Gasteiger partial charge in [-0.05, 0) is 64.6 Å². The van der Waals surface area contributed by atoms with Crippen LogP contribution in [0.2, 0.25) is 0 Å². The first-order chi connectivity index (χ1) is 11.1. The molecule has 2 aliphatic rings. The minimum Gasteiger partial charge on any atom is -0.356 e. The third kappa shape index (κ3) is 4.14. The Morgan fingerprint density at radius 1 is 1.26 bits per heavy atom. The minimum absolute atomic E-state index is 0.158. The summed E-state index contributed by atoms with van der Waals surface area (Å²) in [5, 5.41) is 7.59. The predicted octanol–water partition coefficient (Wildman–Crippen LogP) is 2.27. The van der Waals surface area contributed by atoms with Gasteiger partial charge in [0.2, 0.25) is 5.91 Å². The molecule has 2 aliphatic heterocycles. The monoisotopic (exact) mass is 318 g/mol. The second-order valence-electron chi connectivity index (χ2n) is 7.21. The summed E-state index contributed by atoms with van der Waals surface area (Å²) >= 11 is 0. The lowest BCUT2D eigenvalue weighted by molar-refractivity contribution is -0.121. The highest BCUT2D eigenvalue weighted by atomic mass is 16.1. The summed E-state index contributed by atoms with van der Waals surface area (Å²) in [6.07, 6.45) is 7.07. The number of carbonyl (C=O) groups is 1. The first-order valence-corrected chi connectivity index (χ1v) is 9.15. The van der Waals surface area contributed by atoms with Crippen LogP contribution in [-0.4, -0.2) is 46.3 Å². The summed E-state index contributed by atoms with van der Waals surface area (Å²) in [6.45, 7) is 8.06. The maximum Gasteiger partial charge on any atom is 0.221 e. The van der Waals surface area contributed by atoms with Gasteiger partial charge in [-0.15, -0.1) is 0 Å². The van der Waals surface area contributed by atoms with Gasteiger partial charge in [-0.2, -0.15) is 5.10 Å². The van der Waals surface area contributed by atoms with Gasteiger partial charge < -0.3 is 10.2 Å². The standard InChI is InChI=1S/C18H30N4O/c1-14-12-15(2)22(20-14)11-8-18(23)19-13-16-6-5-10-21-9-4-3-7-17(16)21/h12,16-17H,3-11,13H2,1-2H3,(H,19,23)/t16-,17+/m0/s1. The van der Waals surface area contributed by atoms with Crippen molar-refractivity contribution in [2.45, 2.75) is 65.0 Å². The zero-order chi connectivity index (χ0) is 16.2. The van der Waals surface area contributed by atoms with E-state index in [-0.39, 0.29) is 5.91 Å². The van der Waals surface area contributed by atoms with Crippen molar-refractivity contribution in [3.8, 4) is 0 Å². The Morgan fingerprint density at radius 2 is 2.09 bits per heavy atom. The molecule has 3 rings (SSSR count). The van der Waals surface area contributed by atoms with E-state index in [1.807, 2.05) is 18.5 Å². The molecule has 0 spiro atoms. The number of rotatable bonds is 5. The van der Waals surface area contributed by atoms with Crippen molar-refractivity contribution < 1.29 is 4.79 Å². The van der Waals surface area contributed by atoms with E-state index < -0.39 is 0 Å². The number of nitrogens with one attached hydrogen (secondary N) is 1. The van der Waals surface area contributed by atoms with E-state index in [2.05, 4.69) is 21.4 Å². The summed E-state index contributed by atoms with van der Waals surface area (Å²) in [5.74, 6) is 0.798. The summed E-state index contributed by atoms with van der Waals surface area (Å²) in [7, 11) is 0. The molecule has 5 heteroatoms. The number of aryl methyl sites for hydroxylation is 3. The number of carbonyl (C=O) groups excluding carboxylic acids is 1. The van der Waals surface area contributed by atoms with Crippen LogP contribution >= 0.6 is 0 Å². The zero-order valence-corrected chi connectivity index (χ0v) is 14.6. The fraction of sp³-hybridized carbons (Fsp3) is 0.778. The Bertz CT molecular complexity index is 537. The van der Waals surface area contributed by atoms with Crippen LogP contribution < -0.4 is 5.32 Å². The number of fused-ring (bicyclic) bond motifs is 1. The van der Waals surface area contributed by atoms with Gasteiger partial charge in [0.25, 0.3) is 0 Å². The molecule has 0 aromatic carbocycles. The van der Waals surface area contributed by atoms with E-state index in [0.29, 0.717) is 24.9 Å². The summed E-state index contributed by atoms with van der Waals surface area (Å²) in [4.78, 5) is 14.8. The predicted molar refractivity (Wildman–Crippen MR) is 91.3 cm³/mol. The Labute approximate surface area is 139 Å². The molecule has 3 heterocycles. The van der Waals surface area contributed by atoms with E-state index in [0.717, 1.165) is 17.9 Å². The summed E-state index contributed by atoms with van der Waals surface area (Å²) < 4.78 is 1.93. The van der Waals surface area contributed by atoms with Gasteiger partial charge in [-0.25, -0.2) is 0 Å². The summed E-state index contributed by atoms with van der Waals surface area (Å²) in [6, 6.07) is 2.76. The molecule has 5 nitrogen and oxygen atoms in total. The number of amides is 1. The van der Waals surface area contributed by atoms with Crippen molar-refractivity contribution in [2.24, 2.45) is 5.92 Å². The Morgan fingerprint density at radius 3 is 2.87 bits per heavy atom. The molecular formula is C18H30N4O. The molecule has 1 aromatic rings. The highest BCUT2D eigenvalue weighted by molar-refractivity contribution is 5.75. The van der Waals surface area contributed by atoms with E-state index in [1.54, 1.807) is 0 Å². The topological polar surface area (TPSA) is 50.2 Å². The van der Waals surface area contributed by atoms with E-state index >= 15 is 0 Å². The van der Waals surface area contributed by atoms with Crippen LogP contribution in [0.1, 0.15) is 49.9 Å². The van der Waals surface area contributed by atoms with E-state index in [4.69, 9.17) is 0 Å². The number of nitrogens with zero attached hydrogens (tertiary/aromatic N) is 3. The van der Waals surface area contributed by atoms with Crippen molar-refractivity contribution >= 4 is 5.91 Å². The molecule has 0 unspecified atom stereocenters. The van der Waals surface area contributed by atoms with Crippen LogP contribution in [0.4, 0.5) is 0 Å². The molecule has 1 amide bonds. The average Bonchev–Trinajstić information content (AvgIpc) is 2.88. The molecule has 2 saturated heterocycles. The normalized spacial score (nSPS) is 25.1. The molecule has 128 valence electrons. The van der Waals surface area contributed by atoms with E-state index in [9.17, 15) is 4.79 Å². The maximum atomic E-state index is 12.2. The lowest BCUT2D eigenvalue weighted by atomic mass is 9.83. The number of piperidine rings is 2. The van der Waals surface area contributed by atoms with Gasteiger partial charge in [0.05, 0.1) is 5.69 Å². The van der Waals surface area contributed by atoms with Gasteiger partial charge in [-0.3, -0.25) is 9.48 Å². The molecular weight excluding hydrogens is 288 g/mol. The molecule has 23 heavy (non-hydrogen) atoms. The van der Waals surface area contributed by atoms with Gasteiger partial charge in [-0.1, -0.05) is 6.42 Å². The average molecular weight is 318 g/mol. The Hall–Kier alpha value is -1.36. The van der Waals surface area contributed by atoms with Crippen molar-refractivity contribution in [1.82, 2.24) is 20.0 Å². The molecule has 0 radical (unpaired) electrons. The van der Waals surface area contributed by atoms with Gasteiger partial charge >= 0.3 is 0 Å². The van der Waals surface area contributed by atoms with Crippen molar-refractivity contribution in [3.63, 3.8) is 0 Å². The zero-order valence-electron chi connectivity index (χ0n) is 14.6. The second-order valence-corrected chi connectivity index (χ2v) is 7.21. The fourth-order valence-electron chi connectivity index (χ4n) is 4.26. The Kier molecular flexibility index (Phi) is 5.36. The Balaban J connectivity index is 1.44. The smallest absolute Gasteiger partial charge is 0.221 e. The number of hydrogen-bond acceptors (Lipinski definition) is 3. The van der Waals surface area contributed by atoms with Crippen LogP contribution in [0, 0.1) is 19.8 Å². The second kappa shape index (κ2) is 7.47. The van der Waals surface area contributed by atoms with Gasteiger partial charge in [0, 0.05) is 31.2 Å². The fourth-order valence-corrected chi connectivity index (χ4v) is 4.26. The largest absolute Gasteiger partial charge is 0.356 e. The maximum absolute atomic E-state index is 12.2. The molecule has 1 N–H and O–H groups in total. The molecule has 0 aliphatic carbocycles. The first-order valence-electron chi connectivity index (χ1n) is 9.15. The molecule has 0 saturated carbocycles. The lowest BCUT2D eigenvalue weighted by Gasteiger charge is -2.44. The van der Waals surface area contributed by atoms with Crippen LogP contribution in [0.15, 0.2) is 6.07 Å². The van der Waals surface area contributed by atoms with Crippen LogP contribution in [0.25, 0.3) is 0 Å². The third-order valence-corrected chi connectivity index (χ3v) is 5.44. The quantitative estimate of drug-likeness (QED) is 0.906. The molecule has 1 aromatic heterocycles. The number of aromatic nitrogens is 2. The molecule has 2 atom stereocenters. The van der Waals surface area contributed by atoms with Crippen molar-refractivity contribution in [2.75, 3.05) is 19.6 Å². The summed E-state index contributed by atoms with van der Waals surface area (Å²) in [5.41, 5.74) is 2.14. The van der Waals surface area contributed by atoms with E-state index in [1.165, 1.54) is 45.2 Å². The third-order valence-electron chi connectivity index (χ3n) is 5.44.